The van der Waals surface area contributed by atoms with Crippen LogP contribution >= 0.6 is 0 Å². The van der Waals surface area contributed by atoms with Crippen molar-refractivity contribution in [1.29, 1.82) is 0 Å². The molecule has 1 heterocycles. The van der Waals surface area contributed by atoms with Crippen molar-refractivity contribution in [1.82, 2.24) is 10.2 Å². The van der Waals surface area contributed by atoms with E-state index >= 15 is 0 Å². The fourth-order valence-electron chi connectivity index (χ4n) is 2.18. The normalized spacial score (nSPS) is 15.8. The molecule has 0 aromatic carbocycles. The molecule has 2 amide bonds. The summed E-state index contributed by atoms with van der Waals surface area (Å²) in [6.07, 6.45) is 2.06. The van der Waals surface area contributed by atoms with E-state index in [1.807, 2.05) is 41.5 Å². The van der Waals surface area contributed by atoms with E-state index < -0.39 is 5.60 Å². The summed E-state index contributed by atoms with van der Waals surface area (Å²) in [5, 5.41) is 2.81. The third-order valence-corrected chi connectivity index (χ3v) is 3.11. The molecule has 21 heavy (non-hydrogen) atoms. The van der Waals surface area contributed by atoms with Gasteiger partial charge in [-0.1, -0.05) is 13.8 Å². The molecule has 124 valence electrons. The summed E-state index contributed by atoms with van der Waals surface area (Å²) in [5.41, 5.74) is -0.449. The molecule has 0 aromatic heterocycles. The van der Waals surface area contributed by atoms with Crippen LogP contribution in [-0.2, 0) is 9.53 Å². The highest BCUT2D eigenvalue weighted by atomic mass is 16.6. The zero-order valence-electron chi connectivity index (χ0n) is 14.5. The van der Waals surface area contributed by atoms with Crippen molar-refractivity contribution in [2.75, 3.05) is 19.6 Å². The van der Waals surface area contributed by atoms with Crippen LogP contribution in [0.25, 0.3) is 0 Å². The molecule has 1 aliphatic heterocycles. The second-order valence-corrected chi connectivity index (χ2v) is 6.07. The Morgan fingerprint density at radius 3 is 2.14 bits per heavy atom. The zero-order chi connectivity index (χ0) is 16.5. The lowest BCUT2D eigenvalue weighted by Gasteiger charge is -2.33. The largest absolute Gasteiger partial charge is 0.444 e. The van der Waals surface area contributed by atoms with Crippen molar-refractivity contribution in [2.45, 2.75) is 66.4 Å². The number of ether oxygens (including phenoxy) is 1. The minimum Gasteiger partial charge on any atom is -0.444 e. The Hall–Kier alpha value is -1.26. The number of carbonyl (C=O) groups excluding carboxylic acids is 2. The van der Waals surface area contributed by atoms with Gasteiger partial charge < -0.3 is 15.0 Å². The number of hydrogen-bond donors (Lipinski definition) is 1. The van der Waals surface area contributed by atoms with Gasteiger partial charge in [-0.05, 0) is 46.5 Å². The Morgan fingerprint density at radius 1 is 1.19 bits per heavy atom. The van der Waals surface area contributed by atoms with Gasteiger partial charge in [0.1, 0.15) is 5.60 Å². The zero-order valence-corrected chi connectivity index (χ0v) is 14.5. The molecule has 1 N–H and O–H groups in total. The van der Waals surface area contributed by atoms with Gasteiger partial charge in [0.2, 0.25) is 5.91 Å². The van der Waals surface area contributed by atoms with Crippen LogP contribution in [0.2, 0.25) is 0 Å². The quantitative estimate of drug-likeness (QED) is 0.871. The minimum absolute atomic E-state index is 0.109. The molecule has 1 rings (SSSR count). The average Bonchev–Trinajstić information content (AvgIpc) is 2.40. The van der Waals surface area contributed by atoms with Crippen LogP contribution in [0.5, 0.6) is 0 Å². The Balaban J connectivity index is 0.00000191. The second-order valence-electron chi connectivity index (χ2n) is 6.07. The first-order valence-corrected chi connectivity index (χ1v) is 8.06. The number of likely N-dealkylation sites (tertiary alicyclic amines) is 1. The van der Waals surface area contributed by atoms with E-state index in [4.69, 9.17) is 4.74 Å². The number of nitrogens with one attached hydrogen (secondary N) is 1. The number of hydrogen-bond acceptors (Lipinski definition) is 3. The maximum Gasteiger partial charge on any atom is 0.410 e. The van der Waals surface area contributed by atoms with Crippen molar-refractivity contribution in [3.63, 3.8) is 0 Å². The first-order valence-electron chi connectivity index (χ1n) is 8.06. The predicted octanol–water partition coefficient (Wildman–Crippen LogP) is 3.19. The van der Waals surface area contributed by atoms with Gasteiger partial charge in [0.05, 0.1) is 0 Å². The summed E-state index contributed by atoms with van der Waals surface area (Å²) >= 11 is 0. The molecule has 1 aliphatic rings. The first-order chi connectivity index (χ1) is 9.81. The highest BCUT2D eigenvalue weighted by Gasteiger charge is 2.27. The van der Waals surface area contributed by atoms with Gasteiger partial charge in [0.15, 0.2) is 0 Å². The monoisotopic (exact) mass is 300 g/mol. The molecule has 0 unspecified atom stereocenters. The fourth-order valence-corrected chi connectivity index (χ4v) is 2.18. The molecule has 0 bridgehead atoms. The molecule has 0 saturated carbocycles. The van der Waals surface area contributed by atoms with Crippen molar-refractivity contribution >= 4 is 12.0 Å². The lowest BCUT2D eigenvalue weighted by Crippen LogP contribution is -2.42. The smallest absolute Gasteiger partial charge is 0.410 e. The van der Waals surface area contributed by atoms with Gasteiger partial charge in [-0.3, -0.25) is 4.79 Å². The van der Waals surface area contributed by atoms with Crippen LogP contribution < -0.4 is 5.32 Å². The number of piperidine rings is 1. The molecule has 0 radical (unpaired) electrons. The lowest BCUT2D eigenvalue weighted by atomic mass is 9.93. The Labute approximate surface area is 129 Å². The average molecular weight is 300 g/mol. The van der Waals surface area contributed by atoms with Crippen LogP contribution in [0.3, 0.4) is 0 Å². The standard InChI is InChI=1S/C14H26N2O3.C2H6/c1-5-15-12(17)10-11-6-8-16(9-7-11)13(18)19-14(2,3)4;1-2/h11H,5-10H2,1-4H3,(H,15,17);1-2H3. The van der Waals surface area contributed by atoms with Gasteiger partial charge in [0, 0.05) is 26.1 Å². The van der Waals surface area contributed by atoms with E-state index in [1.165, 1.54) is 0 Å². The highest BCUT2D eigenvalue weighted by molar-refractivity contribution is 5.76. The number of carbonyl (C=O) groups is 2. The van der Waals surface area contributed by atoms with E-state index in [9.17, 15) is 9.59 Å². The molecule has 1 fully saturated rings. The van der Waals surface area contributed by atoms with Crippen LogP contribution in [0.15, 0.2) is 0 Å². The fraction of sp³-hybridized carbons (Fsp3) is 0.875. The molecule has 0 atom stereocenters. The van der Waals surface area contributed by atoms with Gasteiger partial charge in [-0.25, -0.2) is 4.79 Å². The second kappa shape index (κ2) is 9.64. The van der Waals surface area contributed by atoms with E-state index in [0.29, 0.717) is 32.0 Å². The van der Waals surface area contributed by atoms with Gasteiger partial charge in [-0.15, -0.1) is 0 Å². The van der Waals surface area contributed by atoms with Crippen LogP contribution in [0, 0.1) is 5.92 Å². The van der Waals surface area contributed by atoms with E-state index in [2.05, 4.69) is 5.32 Å². The van der Waals surface area contributed by atoms with Gasteiger partial charge in [0.25, 0.3) is 0 Å². The summed E-state index contributed by atoms with van der Waals surface area (Å²) < 4.78 is 5.34. The Kier molecular flexibility index (Phi) is 9.06. The molecule has 5 nitrogen and oxygen atoms in total. The lowest BCUT2D eigenvalue weighted by molar-refractivity contribution is -0.122. The van der Waals surface area contributed by atoms with Crippen molar-refractivity contribution in [3.05, 3.63) is 0 Å². The number of nitrogens with zero attached hydrogens (tertiary/aromatic N) is 1. The third-order valence-electron chi connectivity index (χ3n) is 3.11. The van der Waals surface area contributed by atoms with Crippen molar-refractivity contribution in [2.24, 2.45) is 5.92 Å². The van der Waals surface area contributed by atoms with Crippen LogP contribution in [0.4, 0.5) is 4.79 Å². The number of amides is 2. The maximum absolute atomic E-state index is 11.9. The molecule has 0 aliphatic carbocycles. The molecular formula is C16H32N2O3. The first kappa shape index (κ1) is 19.7. The molecular weight excluding hydrogens is 268 g/mol. The predicted molar refractivity (Wildman–Crippen MR) is 85.2 cm³/mol. The van der Waals surface area contributed by atoms with E-state index in [-0.39, 0.29) is 12.0 Å². The summed E-state index contributed by atoms with van der Waals surface area (Å²) in [5.74, 6) is 0.489. The topological polar surface area (TPSA) is 58.6 Å². The van der Waals surface area contributed by atoms with Gasteiger partial charge in [-0.2, -0.15) is 0 Å². The highest BCUT2D eigenvalue weighted by Crippen LogP contribution is 2.22. The third kappa shape index (κ3) is 8.58. The van der Waals surface area contributed by atoms with E-state index in [1.54, 1.807) is 4.90 Å². The van der Waals surface area contributed by atoms with Crippen LogP contribution in [-0.4, -0.2) is 42.1 Å². The molecule has 1 saturated heterocycles. The van der Waals surface area contributed by atoms with Crippen molar-refractivity contribution < 1.29 is 14.3 Å². The molecule has 0 spiro atoms. The summed E-state index contributed by atoms with van der Waals surface area (Å²) in [6, 6.07) is 0. The Morgan fingerprint density at radius 2 is 1.71 bits per heavy atom. The van der Waals surface area contributed by atoms with Crippen molar-refractivity contribution in [3.8, 4) is 0 Å². The summed E-state index contributed by atoms with van der Waals surface area (Å²) in [7, 11) is 0. The molecule has 5 heteroatoms. The SMILES string of the molecule is CC.CCNC(=O)CC1CCN(C(=O)OC(C)(C)C)CC1. The van der Waals surface area contributed by atoms with Crippen LogP contribution in [0.1, 0.15) is 60.8 Å². The minimum atomic E-state index is -0.449. The summed E-state index contributed by atoms with van der Waals surface area (Å²) in [6.45, 7) is 13.6. The Bertz CT molecular complexity index is 316. The summed E-state index contributed by atoms with van der Waals surface area (Å²) in [4.78, 5) is 25.1. The number of rotatable bonds is 3. The van der Waals surface area contributed by atoms with E-state index in [0.717, 1.165) is 12.8 Å². The maximum atomic E-state index is 11.9. The van der Waals surface area contributed by atoms with Gasteiger partial charge >= 0.3 is 6.09 Å². The molecule has 0 aromatic rings.